The van der Waals surface area contributed by atoms with Crippen LogP contribution in [0, 0.1) is 0 Å². The third-order valence-electron chi connectivity index (χ3n) is 4.56. The average molecular weight is 282 g/mol. The predicted octanol–water partition coefficient (Wildman–Crippen LogP) is 4.09. The Labute approximate surface area is 128 Å². The van der Waals surface area contributed by atoms with E-state index in [1.807, 2.05) is 0 Å². The Morgan fingerprint density at radius 2 is 1.86 bits per heavy atom. The van der Waals surface area contributed by atoms with E-state index in [1.165, 1.54) is 41.5 Å². The first-order valence-corrected chi connectivity index (χ1v) is 8.30. The van der Waals surface area contributed by atoms with E-state index in [2.05, 4.69) is 60.4 Å². The van der Waals surface area contributed by atoms with Crippen molar-refractivity contribution in [2.45, 2.75) is 52.1 Å². The summed E-state index contributed by atoms with van der Waals surface area (Å²) in [5.41, 5.74) is 5.86. The molecule has 112 valence electrons. The molecule has 0 radical (unpaired) electrons. The summed E-state index contributed by atoms with van der Waals surface area (Å²) in [6.45, 7) is 6.43. The number of aromatic nitrogens is 1. The van der Waals surface area contributed by atoms with E-state index in [0.717, 1.165) is 19.5 Å². The molecule has 2 heteroatoms. The maximum atomic E-state index is 3.62. The molecule has 1 heterocycles. The molecule has 1 aromatic heterocycles. The molecule has 1 aliphatic carbocycles. The monoisotopic (exact) mass is 282 g/mol. The van der Waals surface area contributed by atoms with Crippen molar-refractivity contribution in [3.05, 3.63) is 58.9 Å². The van der Waals surface area contributed by atoms with Gasteiger partial charge >= 0.3 is 0 Å². The molecule has 1 aliphatic rings. The van der Waals surface area contributed by atoms with E-state index in [9.17, 15) is 0 Å². The molecule has 2 aromatic rings. The number of nitrogens with zero attached hydrogens (tertiary/aromatic N) is 1. The molecular formula is C19H26N2. The normalized spacial score (nSPS) is 17.7. The Balaban J connectivity index is 1.77. The summed E-state index contributed by atoms with van der Waals surface area (Å²) in [5, 5.41) is 3.62. The maximum absolute atomic E-state index is 3.62. The lowest BCUT2D eigenvalue weighted by molar-refractivity contribution is 0.473. The molecule has 0 fully saturated rings. The number of rotatable bonds is 5. The summed E-state index contributed by atoms with van der Waals surface area (Å²) < 4.78 is 2.36. The minimum Gasteiger partial charge on any atom is -0.349 e. The van der Waals surface area contributed by atoms with Crippen molar-refractivity contribution in [2.75, 3.05) is 6.54 Å². The Kier molecular flexibility index (Phi) is 4.45. The first-order chi connectivity index (χ1) is 10.3. The van der Waals surface area contributed by atoms with Gasteiger partial charge in [0.15, 0.2) is 0 Å². The molecule has 1 N–H and O–H groups in total. The van der Waals surface area contributed by atoms with Crippen molar-refractivity contribution < 1.29 is 0 Å². The first kappa shape index (κ1) is 14.4. The van der Waals surface area contributed by atoms with E-state index < -0.39 is 0 Å². The third-order valence-corrected chi connectivity index (χ3v) is 4.56. The van der Waals surface area contributed by atoms with Crippen LogP contribution < -0.4 is 5.32 Å². The van der Waals surface area contributed by atoms with E-state index in [4.69, 9.17) is 0 Å². The molecule has 1 atom stereocenters. The number of hydrogen-bond donors (Lipinski definition) is 1. The highest BCUT2D eigenvalue weighted by atomic mass is 15.0. The molecule has 0 bridgehead atoms. The van der Waals surface area contributed by atoms with Gasteiger partial charge in [-0.3, -0.25) is 0 Å². The van der Waals surface area contributed by atoms with Gasteiger partial charge in [-0.05, 0) is 54.5 Å². The van der Waals surface area contributed by atoms with E-state index in [0.29, 0.717) is 6.04 Å². The van der Waals surface area contributed by atoms with E-state index in [-0.39, 0.29) is 0 Å². The molecule has 3 rings (SSSR count). The van der Waals surface area contributed by atoms with Crippen molar-refractivity contribution in [1.82, 2.24) is 9.88 Å². The van der Waals surface area contributed by atoms with Crippen LogP contribution in [0.4, 0.5) is 0 Å². The summed E-state index contributed by atoms with van der Waals surface area (Å²) >= 11 is 0. The second kappa shape index (κ2) is 6.48. The fraction of sp³-hybridized carbons (Fsp3) is 0.474. The molecular weight excluding hydrogens is 256 g/mol. The summed E-state index contributed by atoms with van der Waals surface area (Å²) in [6.07, 6.45) is 9.64. The van der Waals surface area contributed by atoms with Crippen molar-refractivity contribution in [2.24, 2.45) is 0 Å². The SMILES string of the molecule is CCNC1CCCc2cn(Cc3ccc(CC)cc3)cc21. The van der Waals surface area contributed by atoms with Crippen LogP contribution in [-0.4, -0.2) is 11.1 Å². The first-order valence-electron chi connectivity index (χ1n) is 8.30. The Morgan fingerprint density at radius 3 is 2.57 bits per heavy atom. The number of fused-ring (bicyclic) bond motifs is 1. The van der Waals surface area contributed by atoms with Gasteiger partial charge in [-0.1, -0.05) is 38.1 Å². The average Bonchev–Trinajstić information content (AvgIpc) is 2.92. The van der Waals surface area contributed by atoms with Crippen LogP contribution in [-0.2, 0) is 19.4 Å². The number of hydrogen-bond acceptors (Lipinski definition) is 1. The molecule has 1 unspecified atom stereocenters. The van der Waals surface area contributed by atoms with Crippen LogP contribution in [0.5, 0.6) is 0 Å². The minimum absolute atomic E-state index is 0.558. The quantitative estimate of drug-likeness (QED) is 0.874. The van der Waals surface area contributed by atoms with Crippen molar-refractivity contribution >= 4 is 0 Å². The van der Waals surface area contributed by atoms with Gasteiger partial charge in [0.05, 0.1) is 0 Å². The standard InChI is InChI=1S/C19H26N2/c1-3-15-8-10-16(11-9-15)12-21-13-17-6-5-7-19(20-4-2)18(17)14-21/h8-11,13-14,19-20H,3-7,12H2,1-2H3. The second-order valence-corrected chi connectivity index (χ2v) is 6.08. The Morgan fingerprint density at radius 1 is 1.10 bits per heavy atom. The lowest BCUT2D eigenvalue weighted by Crippen LogP contribution is -2.23. The third kappa shape index (κ3) is 3.21. The van der Waals surface area contributed by atoms with Crippen LogP contribution in [0.15, 0.2) is 36.7 Å². The highest BCUT2D eigenvalue weighted by Gasteiger charge is 2.21. The van der Waals surface area contributed by atoms with Crippen molar-refractivity contribution in [3.8, 4) is 0 Å². The minimum atomic E-state index is 0.558. The molecule has 0 saturated heterocycles. The molecule has 1 aromatic carbocycles. The highest BCUT2D eigenvalue weighted by molar-refractivity contribution is 5.31. The van der Waals surface area contributed by atoms with Gasteiger partial charge in [-0.15, -0.1) is 0 Å². The van der Waals surface area contributed by atoms with Gasteiger partial charge in [-0.25, -0.2) is 0 Å². The van der Waals surface area contributed by atoms with Gasteiger partial charge in [0.25, 0.3) is 0 Å². The smallest absolute Gasteiger partial charge is 0.0470 e. The fourth-order valence-electron chi connectivity index (χ4n) is 3.39. The van der Waals surface area contributed by atoms with Gasteiger partial charge in [-0.2, -0.15) is 0 Å². The zero-order valence-corrected chi connectivity index (χ0v) is 13.2. The van der Waals surface area contributed by atoms with Gasteiger partial charge in [0.1, 0.15) is 0 Å². The largest absolute Gasteiger partial charge is 0.349 e. The van der Waals surface area contributed by atoms with Crippen LogP contribution in [0.1, 0.15) is 55.0 Å². The summed E-state index contributed by atoms with van der Waals surface area (Å²) in [7, 11) is 0. The lowest BCUT2D eigenvalue weighted by Gasteiger charge is -2.22. The molecule has 0 saturated carbocycles. The Hall–Kier alpha value is -1.54. The predicted molar refractivity (Wildman–Crippen MR) is 88.7 cm³/mol. The fourth-order valence-corrected chi connectivity index (χ4v) is 3.39. The van der Waals surface area contributed by atoms with Gasteiger partial charge in [0.2, 0.25) is 0 Å². The van der Waals surface area contributed by atoms with Crippen molar-refractivity contribution in [3.63, 3.8) is 0 Å². The van der Waals surface area contributed by atoms with Crippen LogP contribution in [0.2, 0.25) is 0 Å². The Bertz CT molecular complexity index is 580. The van der Waals surface area contributed by atoms with Crippen LogP contribution in [0.3, 0.4) is 0 Å². The van der Waals surface area contributed by atoms with Crippen LogP contribution >= 0.6 is 0 Å². The molecule has 0 aliphatic heterocycles. The summed E-state index contributed by atoms with van der Waals surface area (Å²) in [4.78, 5) is 0. The molecule has 0 spiro atoms. The zero-order chi connectivity index (χ0) is 14.7. The summed E-state index contributed by atoms with van der Waals surface area (Å²) in [6, 6.07) is 9.59. The summed E-state index contributed by atoms with van der Waals surface area (Å²) in [5.74, 6) is 0. The van der Waals surface area contributed by atoms with Gasteiger partial charge < -0.3 is 9.88 Å². The number of nitrogens with one attached hydrogen (secondary N) is 1. The van der Waals surface area contributed by atoms with Crippen LogP contribution in [0.25, 0.3) is 0 Å². The zero-order valence-electron chi connectivity index (χ0n) is 13.2. The topological polar surface area (TPSA) is 17.0 Å². The number of benzene rings is 1. The van der Waals surface area contributed by atoms with Gasteiger partial charge in [0, 0.05) is 25.0 Å². The number of aryl methyl sites for hydroxylation is 2. The molecule has 2 nitrogen and oxygen atoms in total. The second-order valence-electron chi connectivity index (χ2n) is 6.08. The maximum Gasteiger partial charge on any atom is 0.0470 e. The highest BCUT2D eigenvalue weighted by Crippen LogP contribution is 2.30. The van der Waals surface area contributed by atoms with Crippen molar-refractivity contribution in [1.29, 1.82) is 0 Å². The molecule has 21 heavy (non-hydrogen) atoms. The van der Waals surface area contributed by atoms with E-state index in [1.54, 1.807) is 0 Å². The lowest BCUT2D eigenvalue weighted by atomic mass is 9.91. The van der Waals surface area contributed by atoms with E-state index >= 15 is 0 Å². The molecule has 0 amide bonds.